The summed E-state index contributed by atoms with van der Waals surface area (Å²) in [5, 5.41) is 19.7. The standard InChI is InChI=1S/C18H17N7/c19-10-13-9-12-5-1-2-6-14(12)22-17(13)21-11-16-23-18(25-24-16)15-7-3-4-8-20-15/h3-4,7-9H,1-2,5-6,11H2,(H,21,22)(H,23,24,25). The molecule has 0 amide bonds. The van der Waals surface area contributed by atoms with Crippen molar-refractivity contribution in [2.45, 2.75) is 32.2 Å². The number of aryl methyl sites for hydroxylation is 2. The van der Waals surface area contributed by atoms with Gasteiger partial charge in [-0.2, -0.15) is 10.4 Å². The van der Waals surface area contributed by atoms with Crippen LogP contribution in [0.15, 0.2) is 30.5 Å². The summed E-state index contributed by atoms with van der Waals surface area (Å²) in [6.45, 7) is 0.417. The molecule has 3 heterocycles. The number of nitrogens with one attached hydrogen (secondary N) is 2. The van der Waals surface area contributed by atoms with Crippen LogP contribution in [0.4, 0.5) is 5.82 Å². The Morgan fingerprint density at radius 2 is 2.12 bits per heavy atom. The van der Waals surface area contributed by atoms with Gasteiger partial charge in [0.1, 0.15) is 23.4 Å². The summed E-state index contributed by atoms with van der Waals surface area (Å²) >= 11 is 0. The molecule has 0 radical (unpaired) electrons. The third-order valence-corrected chi connectivity index (χ3v) is 4.27. The van der Waals surface area contributed by atoms with E-state index in [-0.39, 0.29) is 0 Å². The molecule has 7 nitrogen and oxygen atoms in total. The monoisotopic (exact) mass is 331 g/mol. The summed E-state index contributed by atoms with van der Waals surface area (Å²) in [4.78, 5) is 13.3. The van der Waals surface area contributed by atoms with Crippen molar-refractivity contribution in [1.29, 1.82) is 5.26 Å². The fourth-order valence-electron chi connectivity index (χ4n) is 3.01. The van der Waals surface area contributed by atoms with E-state index >= 15 is 0 Å². The maximum Gasteiger partial charge on any atom is 0.199 e. The van der Waals surface area contributed by atoms with Crippen LogP contribution in [0.3, 0.4) is 0 Å². The molecule has 0 atom stereocenters. The molecule has 4 rings (SSSR count). The van der Waals surface area contributed by atoms with Crippen molar-refractivity contribution in [3.63, 3.8) is 0 Å². The fourth-order valence-corrected chi connectivity index (χ4v) is 3.01. The molecular weight excluding hydrogens is 314 g/mol. The lowest BCUT2D eigenvalue weighted by Crippen LogP contribution is -2.11. The second-order valence-electron chi connectivity index (χ2n) is 5.98. The summed E-state index contributed by atoms with van der Waals surface area (Å²) in [5.41, 5.74) is 3.59. The van der Waals surface area contributed by atoms with E-state index in [1.807, 2.05) is 24.3 Å². The number of nitrogens with zero attached hydrogens (tertiary/aromatic N) is 5. The van der Waals surface area contributed by atoms with E-state index in [2.05, 4.69) is 36.5 Å². The molecule has 0 aromatic carbocycles. The van der Waals surface area contributed by atoms with Gasteiger partial charge in [-0.1, -0.05) is 6.07 Å². The number of fused-ring (bicyclic) bond motifs is 1. The van der Waals surface area contributed by atoms with Gasteiger partial charge in [0, 0.05) is 11.9 Å². The van der Waals surface area contributed by atoms with Gasteiger partial charge in [-0.05, 0) is 49.4 Å². The maximum absolute atomic E-state index is 9.40. The summed E-state index contributed by atoms with van der Waals surface area (Å²) in [5.74, 6) is 1.83. The van der Waals surface area contributed by atoms with Gasteiger partial charge in [0.05, 0.1) is 12.1 Å². The Balaban J connectivity index is 1.52. The Hall–Kier alpha value is -3.27. The maximum atomic E-state index is 9.40. The Labute approximate surface area is 145 Å². The highest BCUT2D eigenvalue weighted by atomic mass is 15.2. The Morgan fingerprint density at radius 3 is 2.96 bits per heavy atom. The molecule has 1 aliphatic rings. The van der Waals surface area contributed by atoms with E-state index in [1.54, 1.807) is 6.20 Å². The van der Waals surface area contributed by atoms with E-state index in [0.717, 1.165) is 30.7 Å². The molecule has 25 heavy (non-hydrogen) atoms. The summed E-state index contributed by atoms with van der Waals surface area (Å²) in [6, 6.07) is 9.80. The van der Waals surface area contributed by atoms with Crippen molar-refractivity contribution >= 4 is 5.82 Å². The number of aromatic amines is 1. The second-order valence-corrected chi connectivity index (χ2v) is 5.98. The molecule has 0 aliphatic heterocycles. The molecule has 2 N–H and O–H groups in total. The number of pyridine rings is 2. The summed E-state index contributed by atoms with van der Waals surface area (Å²) in [7, 11) is 0. The first-order valence-electron chi connectivity index (χ1n) is 8.33. The van der Waals surface area contributed by atoms with Gasteiger partial charge >= 0.3 is 0 Å². The first kappa shape index (κ1) is 15.3. The smallest absolute Gasteiger partial charge is 0.199 e. The first-order valence-corrected chi connectivity index (χ1v) is 8.33. The van der Waals surface area contributed by atoms with Crippen LogP contribution in [0.1, 0.15) is 35.5 Å². The Morgan fingerprint density at radius 1 is 1.20 bits per heavy atom. The van der Waals surface area contributed by atoms with Crippen molar-refractivity contribution in [3.8, 4) is 17.6 Å². The van der Waals surface area contributed by atoms with Gasteiger partial charge in [-0.15, -0.1) is 0 Å². The van der Waals surface area contributed by atoms with Crippen LogP contribution in [0.2, 0.25) is 0 Å². The van der Waals surface area contributed by atoms with Gasteiger partial charge in [0.15, 0.2) is 5.82 Å². The van der Waals surface area contributed by atoms with Crippen LogP contribution in [0.5, 0.6) is 0 Å². The zero-order valence-electron chi connectivity index (χ0n) is 13.7. The minimum atomic E-state index is 0.417. The molecule has 0 saturated carbocycles. The van der Waals surface area contributed by atoms with Crippen LogP contribution in [-0.4, -0.2) is 25.1 Å². The highest BCUT2D eigenvalue weighted by molar-refractivity contribution is 5.55. The van der Waals surface area contributed by atoms with Crippen LogP contribution in [0.25, 0.3) is 11.5 Å². The average molecular weight is 331 g/mol. The van der Waals surface area contributed by atoms with E-state index in [0.29, 0.717) is 29.6 Å². The first-order chi connectivity index (χ1) is 12.3. The number of H-pyrrole nitrogens is 1. The number of aromatic nitrogens is 5. The lowest BCUT2D eigenvalue weighted by Gasteiger charge is -2.17. The normalized spacial score (nSPS) is 13.1. The molecule has 3 aromatic heterocycles. The Kier molecular flexibility index (Phi) is 4.09. The van der Waals surface area contributed by atoms with Crippen molar-refractivity contribution in [2.24, 2.45) is 0 Å². The van der Waals surface area contributed by atoms with E-state index in [1.165, 1.54) is 12.0 Å². The van der Waals surface area contributed by atoms with E-state index in [4.69, 9.17) is 0 Å². The van der Waals surface area contributed by atoms with Gasteiger partial charge in [0.2, 0.25) is 0 Å². The van der Waals surface area contributed by atoms with Crippen molar-refractivity contribution in [3.05, 3.63) is 53.1 Å². The predicted octanol–water partition coefficient (Wildman–Crippen LogP) is 2.62. The summed E-state index contributed by atoms with van der Waals surface area (Å²) in [6.07, 6.45) is 6.01. The largest absolute Gasteiger partial charge is 0.362 e. The van der Waals surface area contributed by atoms with E-state index < -0.39 is 0 Å². The quantitative estimate of drug-likeness (QED) is 0.762. The third-order valence-electron chi connectivity index (χ3n) is 4.27. The van der Waals surface area contributed by atoms with Gasteiger partial charge in [-0.25, -0.2) is 9.97 Å². The van der Waals surface area contributed by atoms with Gasteiger partial charge in [-0.3, -0.25) is 10.1 Å². The lowest BCUT2D eigenvalue weighted by molar-refractivity contribution is 0.668. The zero-order valence-corrected chi connectivity index (χ0v) is 13.7. The van der Waals surface area contributed by atoms with Gasteiger partial charge in [0.25, 0.3) is 0 Å². The Bertz CT molecular complexity index is 924. The van der Waals surface area contributed by atoms with Gasteiger partial charge < -0.3 is 5.32 Å². The molecule has 0 spiro atoms. The molecule has 7 heteroatoms. The number of rotatable bonds is 4. The predicted molar refractivity (Wildman–Crippen MR) is 92.5 cm³/mol. The number of nitriles is 1. The fraction of sp³-hybridized carbons (Fsp3) is 0.278. The molecule has 0 fully saturated rings. The SMILES string of the molecule is N#Cc1cc2c(nc1NCc1nc(-c3ccccn3)n[nH]1)CCCC2. The van der Waals surface area contributed by atoms with Crippen LogP contribution in [0, 0.1) is 11.3 Å². The highest BCUT2D eigenvalue weighted by Gasteiger charge is 2.15. The average Bonchev–Trinajstić information content (AvgIpc) is 3.15. The van der Waals surface area contributed by atoms with Crippen LogP contribution >= 0.6 is 0 Å². The molecular formula is C18H17N7. The number of hydrogen-bond donors (Lipinski definition) is 2. The summed E-state index contributed by atoms with van der Waals surface area (Å²) < 4.78 is 0. The molecule has 0 saturated heterocycles. The van der Waals surface area contributed by atoms with Crippen LogP contribution in [-0.2, 0) is 19.4 Å². The minimum absolute atomic E-state index is 0.417. The van der Waals surface area contributed by atoms with Crippen LogP contribution < -0.4 is 5.32 Å². The minimum Gasteiger partial charge on any atom is -0.362 e. The van der Waals surface area contributed by atoms with Crippen molar-refractivity contribution in [2.75, 3.05) is 5.32 Å². The third kappa shape index (κ3) is 3.19. The van der Waals surface area contributed by atoms with Crippen molar-refractivity contribution < 1.29 is 0 Å². The second kappa shape index (κ2) is 6.69. The number of anilines is 1. The molecule has 0 bridgehead atoms. The van der Waals surface area contributed by atoms with Crippen molar-refractivity contribution in [1.82, 2.24) is 25.1 Å². The number of hydrogen-bond acceptors (Lipinski definition) is 6. The highest BCUT2D eigenvalue weighted by Crippen LogP contribution is 2.24. The van der Waals surface area contributed by atoms with E-state index in [9.17, 15) is 5.26 Å². The zero-order chi connectivity index (χ0) is 17.1. The topological polar surface area (TPSA) is 103 Å². The molecule has 0 unspecified atom stereocenters. The molecule has 1 aliphatic carbocycles. The lowest BCUT2D eigenvalue weighted by atomic mass is 9.95. The molecule has 124 valence electrons. The molecule has 3 aromatic rings.